The van der Waals surface area contributed by atoms with Crippen molar-refractivity contribution in [1.82, 2.24) is 36.0 Å². The molecular weight excluding hydrogens is 602 g/mol. The van der Waals surface area contributed by atoms with Crippen molar-refractivity contribution in [2.75, 3.05) is 58.9 Å². The van der Waals surface area contributed by atoms with Crippen LogP contribution in [0.2, 0.25) is 0 Å². The quantitative estimate of drug-likeness (QED) is 0.300. The van der Waals surface area contributed by atoms with Gasteiger partial charge in [0.15, 0.2) is 0 Å². The summed E-state index contributed by atoms with van der Waals surface area (Å²) in [7, 11) is 0. The van der Waals surface area contributed by atoms with Gasteiger partial charge in [-0.15, -0.1) is 0 Å². The SMILES string of the molecule is NC1NC2CCC(NCC(F)CC2C2CCCCC2)C1C(=O)NC1CNCC(F)C1N1CCC(C(=O)N2CCN3CCCC3C2)CC1. The summed E-state index contributed by atoms with van der Waals surface area (Å²) >= 11 is 0. The van der Waals surface area contributed by atoms with Crippen molar-refractivity contribution in [3.63, 3.8) is 0 Å². The molecule has 10 unspecified atom stereocenters. The summed E-state index contributed by atoms with van der Waals surface area (Å²) in [5, 5.41) is 13.5. The van der Waals surface area contributed by atoms with E-state index in [1.165, 1.54) is 32.1 Å². The third-order valence-corrected chi connectivity index (χ3v) is 13.2. The molecule has 0 radical (unpaired) electrons. The minimum atomic E-state index is -1.13. The Morgan fingerprint density at radius 2 is 1.57 bits per heavy atom. The number of piperazine rings is 1. The lowest BCUT2D eigenvalue weighted by molar-refractivity contribution is -0.140. The first-order valence-electron chi connectivity index (χ1n) is 19.2. The van der Waals surface area contributed by atoms with Crippen LogP contribution in [0, 0.1) is 23.7 Å². The predicted molar refractivity (Wildman–Crippen MR) is 178 cm³/mol. The van der Waals surface area contributed by atoms with Gasteiger partial charge >= 0.3 is 0 Å². The fourth-order valence-corrected chi connectivity index (χ4v) is 10.7. The number of halogens is 2. The highest BCUT2D eigenvalue weighted by Gasteiger charge is 2.46. The molecule has 10 atom stereocenters. The molecule has 0 aromatic heterocycles. The van der Waals surface area contributed by atoms with Crippen LogP contribution in [-0.4, -0.2) is 134 Å². The second-order valence-corrected chi connectivity index (χ2v) is 16.0. The number of hydrogen-bond donors (Lipinski definition) is 5. The molecule has 7 fully saturated rings. The van der Waals surface area contributed by atoms with Crippen LogP contribution < -0.4 is 27.0 Å². The Hall–Kier alpha value is -1.44. The number of piperidine rings is 2. The van der Waals surface area contributed by atoms with Gasteiger partial charge in [0, 0.05) is 63.3 Å². The van der Waals surface area contributed by atoms with Gasteiger partial charge in [-0.25, -0.2) is 8.78 Å². The van der Waals surface area contributed by atoms with E-state index in [1.807, 2.05) is 0 Å². The molecule has 7 rings (SSSR count). The molecule has 1 saturated carbocycles. The molecular formula is C35H60F2N8O2. The van der Waals surface area contributed by atoms with Crippen LogP contribution in [0.15, 0.2) is 0 Å². The van der Waals surface area contributed by atoms with Gasteiger partial charge in [0.25, 0.3) is 0 Å². The first-order valence-corrected chi connectivity index (χ1v) is 19.2. The molecule has 0 aromatic carbocycles. The average Bonchev–Trinajstić information content (AvgIpc) is 3.51. The Labute approximate surface area is 280 Å². The molecule has 2 amide bonds. The summed E-state index contributed by atoms with van der Waals surface area (Å²) in [4.78, 5) is 34.4. The molecule has 6 aliphatic heterocycles. The van der Waals surface area contributed by atoms with E-state index in [2.05, 4.69) is 36.0 Å². The maximum absolute atomic E-state index is 15.7. The van der Waals surface area contributed by atoms with Gasteiger partial charge in [-0.1, -0.05) is 32.1 Å². The van der Waals surface area contributed by atoms with Crippen molar-refractivity contribution in [2.24, 2.45) is 29.4 Å². The lowest BCUT2D eigenvalue weighted by atomic mass is 9.73. The van der Waals surface area contributed by atoms with E-state index < -0.39 is 36.5 Å². The van der Waals surface area contributed by atoms with Gasteiger partial charge in [-0.2, -0.15) is 0 Å². The predicted octanol–water partition coefficient (Wildman–Crippen LogP) is 1.35. The normalized spacial score (nSPS) is 41.8. The lowest BCUT2D eigenvalue weighted by Gasteiger charge is -2.46. The van der Waals surface area contributed by atoms with E-state index in [4.69, 9.17) is 5.73 Å². The first-order chi connectivity index (χ1) is 22.9. The van der Waals surface area contributed by atoms with Crippen LogP contribution in [-0.2, 0) is 9.59 Å². The molecule has 6 heterocycles. The van der Waals surface area contributed by atoms with Crippen molar-refractivity contribution in [3.05, 3.63) is 0 Å². The van der Waals surface area contributed by atoms with Gasteiger partial charge in [-0.05, 0) is 76.4 Å². The molecule has 2 bridgehead atoms. The Balaban J connectivity index is 0.984. The number of nitrogens with two attached hydrogens (primary N) is 1. The molecule has 6 N–H and O–H groups in total. The fraction of sp³-hybridized carbons (Fsp3) is 0.943. The highest BCUT2D eigenvalue weighted by Crippen LogP contribution is 2.38. The van der Waals surface area contributed by atoms with E-state index in [0.717, 1.165) is 64.7 Å². The van der Waals surface area contributed by atoms with E-state index in [0.29, 0.717) is 38.0 Å². The number of likely N-dealkylation sites (tertiary alicyclic amines) is 1. The third-order valence-electron chi connectivity index (χ3n) is 13.2. The summed E-state index contributed by atoms with van der Waals surface area (Å²) < 4.78 is 31.1. The smallest absolute Gasteiger partial charge is 0.227 e. The molecule has 47 heavy (non-hydrogen) atoms. The standard InChI is InChI=1S/C35H60F2N8O2/c36-24-17-26(22-5-2-1-3-6-22)28-8-9-29(40-18-24)31(33(38)41-28)34(46)42-30-20-39-19-27(37)32(30)44-13-10-23(11-14-44)35(47)45-16-15-43-12-4-7-25(43)21-45/h22-33,39-41H,1-21,38H2,(H,42,46). The van der Waals surface area contributed by atoms with Gasteiger partial charge in [0.1, 0.15) is 12.3 Å². The maximum atomic E-state index is 15.7. The Bertz CT molecular complexity index is 1070. The number of nitrogens with one attached hydrogen (secondary N) is 4. The second-order valence-electron chi connectivity index (χ2n) is 16.0. The van der Waals surface area contributed by atoms with Crippen molar-refractivity contribution in [2.45, 2.75) is 126 Å². The summed E-state index contributed by atoms with van der Waals surface area (Å²) in [6.45, 7) is 6.04. The van der Waals surface area contributed by atoms with Crippen LogP contribution in [0.1, 0.15) is 77.0 Å². The number of hydrogen-bond acceptors (Lipinski definition) is 8. The molecule has 266 valence electrons. The van der Waals surface area contributed by atoms with E-state index in [9.17, 15) is 9.59 Å². The van der Waals surface area contributed by atoms with Gasteiger partial charge in [0.2, 0.25) is 11.8 Å². The monoisotopic (exact) mass is 662 g/mol. The van der Waals surface area contributed by atoms with Crippen LogP contribution in [0.5, 0.6) is 0 Å². The summed E-state index contributed by atoms with van der Waals surface area (Å²) in [6, 6.07) is -0.516. The summed E-state index contributed by atoms with van der Waals surface area (Å²) in [5.74, 6) is 0.208. The molecule has 0 spiro atoms. The van der Waals surface area contributed by atoms with E-state index >= 15 is 8.78 Å². The van der Waals surface area contributed by atoms with Gasteiger partial charge < -0.3 is 26.6 Å². The van der Waals surface area contributed by atoms with Gasteiger partial charge in [0.05, 0.1) is 24.2 Å². The fourth-order valence-electron chi connectivity index (χ4n) is 10.7. The number of nitrogens with zero attached hydrogens (tertiary/aromatic N) is 3. The number of carbonyl (C=O) groups is 2. The van der Waals surface area contributed by atoms with Crippen LogP contribution >= 0.6 is 0 Å². The second kappa shape index (κ2) is 15.2. The molecule has 7 aliphatic rings. The minimum absolute atomic E-state index is 0.0165. The molecule has 6 saturated heterocycles. The maximum Gasteiger partial charge on any atom is 0.227 e. The number of carbonyl (C=O) groups excluding carboxylic acids is 2. The Morgan fingerprint density at radius 1 is 0.787 bits per heavy atom. The summed E-state index contributed by atoms with van der Waals surface area (Å²) in [5.41, 5.74) is 6.82. The van der Waals surface area contributed by atoms with Crippen molar-refractivity contribution in [3.8, 4) is 0 Å². The third kappa shape index (κ3) is 7.53. The minimum Gasteiger partial charge on any atom is -0.350 e. The zero-order valence-electron chi connectivity index (χ0n) is 28.3. The van der Waals surface area contributed by atoms with Crippen LogP contribution in [0.3, 0.4) is 0 Å². The molecule has 12 heteroatoms. The zero-order chi connectivity index (χ0) is 32.5. The number of amides is 2. The largest absolute Gasteiger partial charge is 0.350 e. The highest BCUT2D eigenvalue weighted by atomic mass is 19.1. The Kier molecular flexibility index (Phi) is 11.0. The molecule has 1 aliphatic carbocycles. The zero-order valence-corrected chi connectivity index (χ0v) is 28.3. The average molecular weight is 663 g/mol. The summed E-state index contributed by atoms with van der Waals surface area (Å²) in [6.07, 6.45) is 9.34. The Morgan fingerprint density at radius 3 is 2.38 bits per heavy atom. The lowest BCUT2D eigenvalue weighted by Crippen LogP contribution is -2.68. The van der Waals surface area contributed by atoms with Gasteiger partial charge in [-0.3, -0.25) is 24.7 Å². The first kappa shape index (κ1) is 34.0. The molecule has 0 aromatic rings. The molecule has 10 nitrogen and oxygen atoms in total. The van der Waals surface area contributed by atoms with Crippen LogP contribution in [0.25, 0.3) is 0 Å². The topological polar surface area (TPSA) is 118 Å². The van der Waals surface area contributed by atoms with E-state index in [1.54, 1.807) is 0 Å². The number of alkyl halides is 2. The van der Waals surface area contributed by atoms with E-state index in [-0.39, 0.29) is 48.8 Å². The van der Waals surface area contributed by atoms with Crippen LogP contribution in [0.4, 0.5) is 8.78 Å². The number of rotatable bonds is 5. The van der Waals surface area contributed by atoms with Crippen molar-refractivity contribution >= 4 is 11.8 Å². The number of fused-ring (bicyclic) bond motifs is 4. The highest BCUT2D eigenvalue weighted by molar-refractivity contribution is 5.81. The van der Waals surface area contributed by atoms with Crippen molar-refractivity contribution < 1.29 is 18.4 Å². The van der Waals surface area contributed by atoms with Crippen molar-refractivity contribution in [1.29, 1.82) is 0 Å².